The molecule has 1 fully saturated rings. The van der Waals surface area contributed by atoms with Crippen molar-refractivity contribution in [1.82, 2.24) is 20.5 Å². The fourth-order valence-electron chi connectivity index (χ4n) is 3.18. The molecule has 24 heavy (non-hydrogen) atoms. The summed E-state index contributed by atoms with van der Waals surface area (Å²) in [6, 6.07) is 1.08. The number of thiazole rings is 1. The maximum Gasteiger partial charge on any atom is 0.191 e. The highest BCUT2D eigenvalue weighted by Gasteiger charge is 2.31. The van der Waals surface area contributed by atoms with Crippen LogP contribution in [0, 0.1) is 19.8 Å². The Balaban J connectivity index is 1.92. The van der Waals surface area contributed by atoms with Gasteiger partial charge in [-0.25, -0.2) is 4.98 Å². The van der Waals surface area contributed by atoms with Crippen LogP contribution in [-0.4, -0.2) is 54.1 Å². The predicted molar refractivity (Wildman–Crippen MR) is 104 cm³/mol. The second-order valence-electron chi connectivity index (χ2n) is 7.03. The van der Waals surface area contributed by atoms with Gasteiger partial charge in [-0.05, 0) is 40.5 Å². The third-order valence-corrected chi connectivity index (χ3v) is 5.78. The minimum absolute atomic E-state index is 0.470. The first-order valence-electron chi connectivity index (χ1n) is 9.12. The zero-order valence-corrected chi connectivity index (χ0v) is 16.8. The van der Waals surface area contributed by atoms with Gasteiger partial charge in [-0.2, -0.15) is 0 Å². The first-order chi connectivity index (χ1) is 11.4. The minimum atomic E-state index is 0.470. The third kappa shape index (κ3) is 5.18. The summed E-state index contributed by atoms with van der Waals surface area (Å²) in [4.78, 5) is 13.2. The van der Waals surface area contributed by atoms with Crippen molar-refractivity contribution in [2.75, 3.05) is 26.2 Å². The number of rotatable bonds is 6. The lowest BCUT2D eigenvalue weighted by Gasteiger charge is -2.21. The number of hydrogen-bond donors (Lipinski definition) is 2. The maximum absolute atomic E-state index is 4.78. The number of nitrogens with one attached hydrogen (secondary N) is 2. The van der Waals surface area contributed by atoms with E-state index in [-0.39, 0.29) is 0 Å². The summed E-state index contributed by atoms with van der Waals surface area (Å²) in [5.41, 5.74) is 1.16. The van der Waals surface area contributed by atoms with Gasteiger partial charge in [-0.15, -0.1) is 11.3 Å². The number of guanidine groups is 1. The molecule has 2 rings (SSSR count). The van der Waals surface area contributed by atoms with Crippen molar-refractivity contribution in [1.29, 1.82) is 0 Å². The number of aromatic nitrogens is 1. The van der Waals surface area contributed by atoms with Crippen LogP contribution in [0.25, 0.3) is 0 Å². The first kappa shape index (κ1) is 19.2. The van der Waals surface area contributed by atoms with Gasteiger partial charge in [0.05, 0.1) is 10.7 Å². The molecule has 2 heterocycles. The molecule has 1 aromatic rings. The Kier molecular flexibility index (Phi) is 7.04. The quantitative estimate of drug-likeness (QED) is 0.611. The van der Waals surface area contributed by atoms with E-state index in [2.05, 4.69) is 62.1 Å². The van der Waals surface area contributed by atoms with E-state index in [1.54, 1.807) is 11.3 Å². The fraction of sp³-hybridized carbons (Fsp3) is 0.778. The highest BCUT2D eigenvalue weighted by Crippen LogP contribution is 2.19. The van der Waals surface area contributed by atoms with Gasteiger partial charge in [0, 0.05) is 49.6 Å². The number of likely N-dealkylation sites (tertiary alicyclic amines) is 1. The molecule has 1 aliphatic rings. The van der Waals surface area contributed by atoms with Crippen LogP contribution in [0.5, 0.6) is 0 Å². The topological polar surface area (TPSA) is 52.6 Å². The Labute approximate surface area is 151 Å². The largest absolute Gasteiger partial charge is 0.357 e. The van der Waals surface area contributed by atoms with Crippen LogP contribution in [0.3, 0.4) is 0 Å². The molecular formula is C18H33N5S. The number of aliphatic imine (C=N–C) groups is 1. The smallest absolute Gasteiger partial charge is 0.191 e. The van der Waals surface area contributed by atoms with Crippen molar-refractivity contribution in [3.63, 3.8) is 0 Å². The van der Waals surface area contributed by atoms with Crippen molar-refractivity contribution in [3.05, 3.63) is 15.6 Å². The zero-order valence-electron chi connectivity index (χ0n) is 16.0. The molecular weight excluding hydrogens is 318 g/mol. The lowest BCUT2D eigenvalue weighted by Crippen LogP contribution is -2.46. The van der Waals surface area contributed by atoms with Crippen LogP contribution >= 0.6 is 11.3 Å². The zero-order chi connectivity index (χ0) is 17.7. The SMILES string of the molecule is CCNC(=NCCc1sc(C)nc1C)NC1CN(C(C)C)CC1C. The average Bonchev–Trinajstić information content (AvgIpc) is 3.02. The van der Waals surface area contributed by atoms with Crippen molar-refractivity contribution >= 4 is 17.3 Å². The normalized spacial score (nSPS) is 22.4. The maximum atomic E-state index is 4.78. The Morgan fingerprint density at radius 1 is 1.38 bits per heavy atom. The summed E-state index contributed by atoms with van der Waals surface area (Å²) in [5.74, 6) is 1.58. The van der Waals surface area contributed by atoms with E-state index in [4.69, 9.17) is 4.99 Å². The monoisotopic (exact) mass is 351 g/mol. The van der Waals surface area contributed by atoms with Gasteiger partial charge in [-0.1, -0.05) is 6.92 Å². The van der Waals surface area contributed by atoms with E-state index >= 15 is 0 Å². The van der Waals surface area contributed by atoms with E-state index in [1.807, 2.05) is 0 Å². The van der Waals surface area contributed by atoms with E-state index in [0.717, 1.165) is 49.3 Å². The van der Waals surface area contributed by atoms with Gasteiger partial charge in [0.15, 0.2) is 5.96 Å². The molecule has 1 aliphatic heterocycles. The van der Waals surface area contributed by atoms with Crippen LogP contribution in [0.1, 0.15) is 43.3 Å². The number of nitrogens with zero attached hydrogens (tertiary/aromatic N) is 3. The predicted octanol–water partition coefficient (Wildman–Crippen LogP) is 2.59. The summed E-state index contributed by atoms with van der Waals surface area (Å²) in [5, 5.41) is 8.17. The van der Waals surface area contributed by atoms with Gasteiger partial charge in [0.25, 0.3) is 0 Å². The van der Waals surface area contributed by atoms with Crippen molar-refractivity contribution < 1.29 is 0 Å². The van der Waals surface area contributed by atoms with E-state index in [0.29, 0.717) is 18.0 Å². The molecule has 0 saturated carbocycles. The van der Waals surface area contributed by atoms with Gasteiger partial charge in [0.1, 0.15) is 0 Å². The lowest BCUT2D eigenvalue weighted by atomic mass is 10.1. The minimum Gasteiger partial charge on any atom is -0.357 e. The van der Waals surface area contributed by atoms with Crippen LogP contribution in [0.15, 0.2) is 4.99 Å². The summed E-state index contributed by atoms with van der Waals surface area (Å²) in [6.45, 7) is 17.1. The average molecular weight is 352 g/mol. The Morgan fingerprint density at radius 2 is 2.12 bits per heavy atom. The molecule has 6 heteroatoms. The molecule has 0 aromatic carbocycles. The first-order valence-corrected chi connectivity index (χ1v) is 9.94. The standard InChI is InChI=1S/C18H33N5S/c1-7-19-18(20-9-8-17-14(5)21-15(6)24-17)22-16-11-23(12(2)3)10-13(16)4/h12-13,16H,7-11H2,1-6H3,(H2,19,20,22). The van der Waals surface area contributed by atoms with Crippen molar-refractivity contribution in [3.8, 4) is 0 Å². The Hall–Kier alpha value is -1.14. The van der Waals surface area contributed by atoms with Gasteiger partial charge >= 0.3 is 0 Å². The molecule has 2 N–H and O–H groups in total. The lowest BCUT2D eigenvalue weighted by molar-refractivity contribution is 0.265. The van der Waals surface area contributed by atoms with Gasteiger partial charge in [-0.3, -0.25) is 9.89 Å². The van der Waals surface area contributed by atoms with Gasteiger partial charge < -0.3 is 10.6 Å². The molecule has 2 unspecified atom stereocenters. The molecule has 1 saturated heterocycles. The van der Waals surface area contributed by atoms with Crippen LogP contribution in [0.4, 0.5) is 0 Å². The molecule has 5 nitrogen and oxygen atoms in total. The fourth-order valence-corrected chi connectivity index (χ4v) is 4.11. The molecule has 0 spiro atoms. The van der Waals surface area contributed by atoms with E-state index in [9.17, 15) is 0 Å². The van der Waals surface area contributed by atoms with Gasteiger partial charge in [0.2, 0.25) is 0 Å². The van der Waals surface area contributed by atoms with Crippen molar-refractivity contribution in [2.24, 2.45) is 10.9 Å². The number of hydrogen-bond acceptors (Lipinski definition) is 4. The summed E-state index contributed by atoms with van der Waals surface area (Å²) in [6.07, 6.45) is 0.965. The molecule has 0 radical (unpaired) electrons. The second kappa shape index (κ2) is 8.81. The van der Waals surface area contributed by atoms with Crippen LogP contribution in [-0.2, 0) is 6.42 Å². The molecule has 0 bridgehead atoms. The highest BCUT2D eigenvalue weighted by atomic mass is 32.1. The second-order valence-corrected chi connectivity index (χ2v) is 8.32. The Bertz CT molecular complexity index is 552. The van der Waals surface area contributed by atoms with E-state index < -0.39 is 0 Å². The van der Waals surface area contributed by atoms with Crippen molar-refractivity contribution in [2.45, 2.75) is 60.0 Å². The third-order valence-electron chi connectivity index (χ3n) is 4.65. The number of aryl methyl sites for hydroxylation is 2. The van der Waals surface area contributed by atoms with E-state index in [1.165, 1.54) is 4.88 Å². The molecule has 136 valence electrons. The highest BCUT2D eigenvalue weighted by molar-refractivity contribution is 7.11. The summed E-state index contributed by atoms with van der Waals surface area (Å²) >= 11 is 1.79. The molecule has 1 aromatic heterocycles. The summed E-state index contributed by atoms with van der Waals surface area (Å²) < 4.78 is 0. The molecule has 2 atom stereocenters. The summed E-state index contributed by atoms with van der Waals surface area (Å²) in [7, 11) is 0. The molecule has 0 aliphatic carbocycles. The molecule has 0 amide bonds. The van der Waals surface area contributed by atoms with Crippen LogP contribution in [0.2, 0.25) is 0 Å². The Morgan fingerprint density at radius 3 is 2.67 bits per heavy atom. The van der Waals surface area contributed by atoms with Crippen LogP contribution < -0.4 is 10.6 Å².